The van der Waals surface area contributed by atoms with E-state index in [2.05, 4.69) is 17.0 Å². The lowest BCUT2D eigenvalue weighted by molar-refractivity contribution is -0.153. The van der Waals surface area contributed by atoms with Crippen LogP contribution in [0.25, 0.3) is 23.0 Å². The van der Waals surface area contributed by atoms with Crippen molar-refractivity contribution in [3.05, 3.63) is 108 Å². The van der Waals surface area contributed by atoms with E-state index in [1.54, 1.807) is 29.0 Å². The predicted molar refractivity (Wildman–Crippen MR) is 128 cm³/mol. The molecule has 1 heterocycles. The number of amides is 1. The van der Waals surface area contributed by atoms with Crippen molar-refractivity contribution < 1.29 is 22.7 Å². The fourth-order valence-corrected chi connectivity index (χ4v) is 3.63. The Morgan fingerprint density at radius 3 is 2.26 bits per heavy atom. The molecule has 0 spiro atoms. The van der Waals surface area contributed by atoms with E-state index in [-0.39, 0.29) is 18.0 Å². The number of para-hydroxylation sites is 2. The molecule has 0 aliphatic rings. The third-order valence-corrected chi connectivity index (χ3v) is 5.19. The first-order valence-corrected chi connectivity index (χ1v) is 10.8. The highest BCUT2D eigenvalue weighted by Gasteiger charge is 2.29. The van der Waals surface area contributed by atoms with Gasteiger partial charge in [-0.15, -0.1) is 0 Å². The number of nitrogens with zero attached hydrogens (tertiary/aromatic N) is 2. The molecular formula is C27H22F3N3O2. The minimum absolute atomic E-state index is 0.0394. The zero-order valence-electron chi connectivity index (χ0n) is 18.6. The van der Waals surface area contributed by atoms with Crippen LogP contribution >= 0.6 is 0 Å². The summed E-state index contributed by atoms with van der Waals surface area (Å²) in [5.41, 5.74) is 3.42. The first-order chi connectivity index (χ1) is 16.9. The molecule has 1 amide bonds. The number of halogens is 3. The van der Waals surface area contributed by atoms with Gasteiger partial charge in [-0.1, -0.05) is 79.4 Å². The molecule has 0 atom stereocenters. The van der Waals surface area contributed by atoms with Gasteiger partial charge in [0.2, 0.25) is 0 Å². The Hall–Kier alpha value is -4.33. The summed E-state index contributed by atoms with van der Waals surface area (Å²) in [5.74, 6) is -0.439. The first-order valence-electron chi connectivity index (χ1n) is 10.8. The van der Waals surface area contributed by atoms with E-state index in [4.69, 9.17) is 4.74 Å². The van der Waals surface area contributed by atoms with Gasteiger partial charge in [0.1, 0.15) is 5.75 Å². The third-order valence-electron chi connectivity index (χ3n) is 5.19. The highest BCUT2D eigenvalue weighted by Crippen LogP contribution is 2.30. The van der Waals surface area contributed by atoms with Crippen LogP contribution in [0.4, 0.5) is 13.2 Å². The van der Waals surface area contributed by atoms with Crippen molar-refractivity contribution in [2.24, 2.45) is 0 Å². The Balaban J connectivity index is 1.65. The summed E-state index contributed by atoms with van der Waals surface area (Å²) in [4.78, 5) is 13.2. The van der Waals surface area contributed by atoms with Crippen molar-refractivity contribution in [1.82, 2.24) is 15.1 Å². The molecule has 0 bridgehead atoms. The minimum Gasteiger partial charge on any atom is -0.484 e. The van der Waals surface area contributed by atoms with Crippen molar-refractivity contribution in [3.63, 3.8) is 0 Å². The monoisotopic (exact) mass is 477 g/mol. The van der Waals surface area contributed by atoms with Crippen LogP contribution in [0.15, 0.2) is 91.5 Å². The van der Waals surface area contributed by atoms with Crippen LogP contribution in [0, 0.1) is 0 Å². The molecule has 8 heteroatoms. The number of carbonyl (C=O) groups excluding carboxylic acids is 1. The van der Waals surface area contributed by atoms with Crippen molar-refractivity contribution >= 4 is 12.0 Å². The topological polar surface area (TPSA) is 56.1 Å². The van der Waals surface area contributed by atoms with Crippen molar-refractivity contribution in [1.29, 1.82) is 0 Å². The standard InChI is InChI=1S/C27H22F3N3O2/c1-2-22-24(26(34)31-17-20-13-9-10-16-23(20)35-18-27(28,29)30)32-33(21-14-7-4-8-15-21)25(22)19-11-5-3-6-12-19/h2-16H,1,17-18H2,(H,31,34). The number of rotatable bonds is 8. The molecule has 0 saturated carbocycles. The Kier molecular flexibility index (Phi) is 7.01. The summed E-state index contributed by atoms with van der Waals surface area (Å²) in [6.07, 6.45) is -2.89. The van der Waals surface area contributed by atoms with Crippen LogP contribution < -0.4 is 10.1 Å². The summed E-state index contributed by atoms with van der Waals surface area (Å²) >= 11 is 0. The van der Waals surface area contributed by atoms with Crippen molar-refractivity contribution in [2.45, 2.75) is 12.7 Å². The second kappa shape index (κ2) is 10.3. The summed E-state index contributed by atoms with van der Waals surface area (Å²) < 4.78 is 44.4. The molecule has 3 aromatic carbocycles. The fourth-order valence-electron chi connectivity index (χ4n) is 3.63. The molecule has 4 rings (SSSR count). The van der Waals surface area contributed by atoms with Gasteiger partial charge in [0.15, 0.2) is 12.3 Å². The van der Waals surface area contributed by atoms with E-state index in [9.17, 15) is 18.0 Å². The van der Waals surface area contributed by atoms with Gasteiger partial charge in [-0.3, -0.25) is 4.79 Å². The van der Waals surface area contributed by atoms with Crippen molar-refractivity contribution in [2.75, 3.05) is 6.61 Å². The molecule has 1 aromatic heterocycles. The van der Waals surface area contributed by atoms with E-state index >= 15 is 0 Å². The van der Waals surface area contributed by atoms with Gasteiger partial charge in [0.25, 0.3) is 5.91 Å². The molecule has 0 saturated heterocycles. The number of aromatic nitrogens is 2. The number of benzene rings is 3. The maximum Gasteiger partial charge on any atom is 0.422 e. The van der Waals surface area contributed by atoms with Gasteiger partial charge in [0.05, 0.1) is 11.4 Å². The first kappa shape index (κ1) is 23.8. The lowest BCUT2D eigenvalue weighted by atomic mass is 10.0. The van der Waals surface area contributed by atoms with Gasteiger partial charge in [-0.2, -0.15) is 18.3 Å². The van der Waals surface area contributed by atoms with Crippen LogP contribution in [-0.4, -0.2) is 28.5 Å². The number of hydrogen-bond donors (Lipinski definition) is 1. The lowest BCUT2D eigenvalue weighted by Gasteiger charge is -2.13. The second-order valence-corrected chi connectivity index (χ2v) is 7.62. The summed E-state index contributed by atoms with van der Waals surface area (Å²) in [6, 6.07) is 25.1. The normalized spacial score (nSPS) is 11.2. The van der Waals surface area contributed by atoms with E-state index < -0.39 is 18.7 Å². The van der Waals surface area contributed by atoms with E-state index in [0.717, 1.165) is 11.3 Å². The third kappa shape index (κ3) is 5.60. The zero-order valence-corrected chi connectivity index (χ0v) is 18.6. The largest absolute Gasteiger partial charge is 0.484 e. The van der Waals surface area contributed by atoms with Crippen LogP contribution in [0.1, 0.15) is 21.6 Å². The summed E-state index contributed by atoms with van der Waals surface area (Å²) in [6.45, 7) is 2.43. The lowest BCUT2D eigenvalue weighted by Crippen LogP contribution is -2.25. The molecule has 1 N–H and O–H groups in total. The van der Waals surface area contributed by atoms with Crippen LogP contribution in [-0.2, 0) is 6.54 Å². The number of hydrogen-bond acceptors (Lipinski definition) is 3. The smallest absolute Gasteiger partial charge is 0.422 e. The maximum atomic E-state index is 13.2. The SMILES string of the molecule is C=Cc1c(C(=O)NCc2ccccc2OCC(F)(F)F)nn(-c2ccccc2)c1-c1ccccc1. The molecule has 0 aliphatic heterocycles. The second-order valence-electron chi connectivity index (χ2n) is 7.62. The molecule has 4 aromatic rings. The maximum absolute atomic E-state index is 13.2. The van der Waals surface area contributed by atoms with E-state index in [1.807, 2.05) is 60.7 Å². The van der Waals surface area contributed by atoms with E-state index in [0.29, 0.717) is 16.8 Å². The van der Waals surface area contributed by atoms with Crippen LogP contribution in [0.3, 0.4) is 0 Å². The number of carbonyl (C=O) groups is 1. The molecule has 0 unspecified atom stereocenters. The highest BCUT2D eigenvalue weighted by molar-refractivity contribution is 5.98. The van der Waals surface area contributed by atoms with Crippen LogP contribution in [0.5, 0.6) is 5.75 Å². The number of ether oxygens (including phenoxy) is 1. The van der Waals surface area contributed by atoms with Gasteiger partial charge in [-0.05, 0) is 18.2 Å². The Morgan fingerprint density at radius 2 is 1.60 bits per heavy atom. The van der Waals surface area contributed by atoms with Crippen LogP contribution in [0.2, 0.25) is 0 Å². The van der Waals surface area contributed by atoms with Gasteiger partial charge >= 0.3 is 6.18 Å². The number of nitrogens with one attached hydrogen (secondary N) is 1. The van der Waals surface area contributed by atoms with Crippen molar-refractivity contribution in [3.8, 4) is 22.7 Å². The predicted octanol–water partition coefficient (Wildman–Crippen LogP) is 6.05. The zero-order chi connectivity index (χ0) is 24.8. The molecular weight excluding hydrogens is 455 g/mol. The quantitative estimate of drug-likeness (QED) is 0.336. The molecule has 0 fully saturated rings. The Labute approximate surface area is 200 Å². The average Bonchev–Trinajstić information content (AvgIpc) is 3.27. The molecule has 35 heavy (non-hydrogen) atoms. The molecule has 0 aliphatic carbocycles. The minimum atomic E-state index is -4.46. The van der Waals surface area contributed by atoms with Gasteiger partial charge in [0, 0.05) is 23.2 Å². The Morgan fingerprint density at radius 1 is 0.971 bits per heavy atom. The van der Waals surface area contributed by atoms with E-state index in [1.165, 1.54) is 6.07 Å². The fraction of sp³-hybridized carbons (Fsp3) is 0.111. The average molecular weight is 477 g/mol. The van der Waals surface area contributed by atoms with Gasteiger partial charge < -0.3 is 10.1 Å². The highest BCUT2D eigenvalue weighted by atomic mass is 19.4. The summed E-state index contributed by atoms with van der Waals surface area (Å²) in [5, 5.41) is 7.33. The Bertz CT molecular complexity index is 1320. The van der Waals surface area contributed by atoms with Gasteiger partial charge in [-0.25, -0.2) is 4.68 Å². The summed E-state index contributed by atoms with van der Waals surface area (Å²) in [7, 11) is 0. The molecule has 0 radical (unpaired) electrons. The molecule has 178 valence electrons. The number of alkyl halides is 3. The molecule has 5 nitrogen and oxygen atoms in total.